The van der Waals surface area contributed by atoms with Gasteiger partial charge in [-0.15, -0.1) is 10.2 Å². The molecule has 0 bridgehead atoms. The molecule has 1 amide bonds. The van der Waals surface area contributed by atoms with Crippen molar-refractivity contribution in [2.75, 3.05) is 0 Å². The van der Waals surface area contributed by atoms with Crippen molar-refractivity contribution in [1.29, 1.82) is 0 Å². The Labute approximate surface area is 165 Å². The number of pyridine rings is 1. The first-order valence-corrected chi connectivity index (χ1v) is 9.40. The first-order chi connectivity index (χ1) is 14.1. The molecule has 152 valence electrons. The average Bonchev–Trinajstić information content (AvgIpc) is 3.34. The van der Waals surface area contributed by atoms with Crippen LogP contribution in [0.5, 0.6) is 0 Å². The monoisotopic (exact) mass is 402 g/mol. The van der Waals surface area contributed by atoms with E-state index in [2.05, 4.69) is 20.2 Å². The molecule has 0 radical (unpaired) electrons. The van der Waals surface area contributed by atoms with Crippen molar-refractivity contribution in [2.24, 2.45) is 10.7 Å². The molecule has 4 rings (SSSR count). The van der Waals surface area contributed by atoms with Gasteiger partial charge in [0.25, 0.3) is 11.8 Å². The van der Waals surface area contributed by atoms with Crippen molar-refractivity contribution in [1.82, 2.24) is 20.1 Å². The number of alkyl halides is 2. The number of hydrogen-bond donors (Lipinski definition) is 1. The van der Waals surface area contributed by atoms with Gasteiger partial charge in [-0.25, -0.2) is 0 Å². The van der Waals surface area contributed by atoms with Crippen LogP contribution in [0.3, 0.4) is 0 Å². The molecule has 0 spiro atoms. The second kappa shape index (κ2) is 8.06. The largest absolute Gasteiger partial charge is 0.415 e. The number of carbonyl (C=O) groups is 1. The molecule has 2 atom stereocenters. The van der Waals surface area contributed by atoms with Crippen LogP contribution in [0.4, 0.5) is 8.78 Å². The maximum atomic E-state index is 13.1. The molecule has 0 unspecified atom stereocenters. The number of nitrogens with zero attached hydrogens (tertiary/aromatic N) is 5. The van der Waals surface area contributed by atoms with Crippen molar-refractivity contribution in [3.8, 4) is 11.5 Å². The van der Waals surface area contributed by atoms with Crippen LogP contribution < -0.4 is 5.73 Å². The normalized spacial score (nSPS) is 22.3. The van der Waals surface area contributed by atoms with Gasteiger partial charge in [0.15, 0.2) is 0 Å². The highest BCUT2D eigenvalue weighted by molar-refractivity contribution is 5.99. The summed E-state index contributed by atoms with van der Waals surface area (Å²) in [6.45, 7) is 0.393. The minimum Gasteiger partial charge on any atom is -0.415 e. The van der Waals surface area contributed by atoms with E-state index >= 15 is 0 Å². The molecule has 10 heteroatoms. The number of amides is 1. The molecule has 29 heavy (non-hydrogen) atoms. The highest BCUT2D eigenvalue weighted by Gasteiger charge is 2.38. The van der Waals surface area contributed by atoms with Gasteiger partial charge in [0.1, 0.15) is 0 Å². The SMILES string of the molecule is NC=CC=N[C@@H]1CCCC[C@H]1N1Cc2ncc(-c3nnc(C(F)F)o3)cc2C1=O. The van der Waals surface area contributed by atoms with E-state index in [1.54, 1.807) is 23.3 Å². The quantitative estimate of drug-likeness (QED) is 0.770. The lowest BCUT2D eigenvalue weighted by Crippen LogP contribution is -2.44. The number of rotatable bonds is 5. The Kier molecular flexibility index (Phi) is 5.32. The van der Waals surface area contributed by atoms with E-state index in [9.17, 15) is 13.6 Å². The number of carbonyl (C=O) groups excluding carboxylic acids is 1. The fraction of sp³-hybridized carbons (Fsp3) is 0.421. The molecule has 2 N–H and O–H groups in total. The molecule has 0 saturated heterocycles. The maximum absolute atomic E-state index is 13.1. The summed E-state index contributed by atoms with van der Waals surface area (Å²) in [5, 5.41) is 6.94. The Bertz CT molecular complexity index is 958. The second-order valence-corrected chi connectivity index (χ2v) is 7.00. The Morgan fingerprint density at radius 1 is 1.31 bits per heavy atom. The lowest BCUT2D eigenvalue weighted by atomic mass is 9.89. The molecule has 1 aliphatic carbocycles. The fourth-order valence-electron chi connectivity index (χ4n) is 3.86. The van der Waals surface area contributed by atoms with Gasteiger partial charge < -0.3 is 15.1 Å². The molecule has 1 fully saturated rings. The number of nitrogens with two attached hydrogens (primary N) is 1. The van der Waals surface area contributed by atoms with Gasteiger partial charge in [0, 0.05) is 12.4 Å². The number of halogens is 2. The summed E-state index contributed by atoms with van der Waals surface area (Å²) in [4.78, 5) is 23.8. The molecule has 1 aliphatic heterocycles. The van der Waals surface area contributed by atoms with Gasteiger partial charge in [0.05, 0.1) is 35.4 Å². The summed E-state index contributed by atoms with van der Waals surface area (Å²) >= 11 is 0. The highest BCUT2D eigenvalue weighted by atomic mass is 19.3. The standard InChI is InChI=1S/C19H20F2N6O2/c20-16(21)18-26-25-17(29-18)11-8-12-14(24-9-11)10-27(19(12)28)15-5-2-1-4-13(15)23-7-3-6-22/h3,6-9,13,15-16H,1-2,4-5,10,22H2/t13-,15-/m1/s1. The van der Waals surface area contributed by atoms with Gasteiger partial charge in [0.2, 0.25) is 5.89 Å². The van der Waals surface area contributed by atoms with Crippen molar-refractivity contribution < 1.29 is 18.0 Å². The molecule has 2 aromatic rings. The van der Waals surface area contributed by atoms with Crippen LogP contribution in [-0.2, 0) is 6.54 Å². The van der Waals surface area contributed by atoms with E-state index in [1.807, 2.05) is 0 Å². The summed E-state index contributed by atoms with van der Waals surface area (Å²) in [6, 6.07) is 1.55. The molecule has 1 saturated carbocycles. The summed E-state index contributed by atoms with van der Waals surface area (Å²) in [6.07, 6.45) is 7.21. The number of aliphatic imine (C=N–C) groups is 1. The molecule has 8 nitrogen and oxygen atoms in total. The van der Waals surface area contributed by atoms with E-state index in [0.717, 1.165) is 25.7 Å². The van der Waals surface area contributed by atoms with E-state index in [1.165, 1.54) is 12.4 Å². The van der Waals surface area contributed by atoms with Crippen LogP contribution in [0.1, 0.15) is 54.1 Å². The van der Waals surface area contributed by atoms with E-state index in [-0.39, 0.29) is 23.9 Å². The third-order valence-corrected chi connectivity index (χ3v) is 5.22. The fourth-order valence-corrected chi connectivity index (χ4v) is 3.86. The summed E-state index contributed by atoms with van der Waals surface area (Å²) in [7, 11) is 0. The Morgan fingerprint density at radius 3 is 2.90 bits per heavy atom. The Morgan fingerprint density at radius 2 is 2.14 bits per heavy atom. The summed E-state index contributed by atoms with van der Waals surface area (Å²) in [5.74, 6) is -0.997. The smallest absolute Gasteiger partial charge is 0.314 e. The third-order valence-electron chi connectivity index (χ3n) is 5.22. The van der Waals surface area contributed by atoms with Gasteiger partial charge in [-0.05, 0) is 31.2 Å². The predicted octanol–water partition coefficient (Wildman–Crippen LogP) is 2.88. The van der Waals surface area contributed by atoms with Crippen LogP contribution in [-0.4, -0.2) is 44.3 Å². The van der Waals surface area contributed by atoms with Gasteiger partial charge in [-0.2, -0.15) is 8.78 Å². The van der Waals surface area contributed by atoms with Gasteiger partial charge in [-0.3, -0.25) is 14.8 Å². The van der Waals surface area contributed by atoms with Crippen LogP contribution in [0.2, 0.25) is 0 Å². The van der Waals surface area contributed by atoms with Crippen LogP contribution in [0, 0.1) is 0 Å². The van der Waals surface area contributed by atoms with E-state index in [0.29, 0.717) is 23.4 Å². The molecule has 0 aromatic carbocycles. The van der Waals surface area contributed by atoms with Crippen molar-refractivity contribution in [2.45, 2.75) is 50.7 Å². The lowest BCUT2D eigenvalue weighted by molar-refractivity contribution is 0.0632. The van der Waals surface area contributed by atoms with Crippen molar-refractivity contribution in [3.63, 3.8) is 0 Å². The third kappa shape index (κ3) is 3.74. The molecule has 2 aromatic heterocycles. The Hall–Kier alpha value is -3.17. The Balaban J connectivity index is 1.57. The van der Waals surface area contributed by atoms with Crippen LogP contribution in [0.25, 0.3) is 11.5 Å². The molecule has 3 heterocycles. The highest BCUT2D eigenvalue weighted by Crippen LogP contribution is 2.33. The lowest BCUT2D eigenvalue weighted by Gasteiger charge is -2.35. The minimum atomic E-state index is -2.85. The molecular weight excluding hydrogens is 382 g/mol. The number of aromatic nitrogens is 3. The summed E-state index contributed by atoms with van der Waals surface area (Å²) < 4.78 is 30.3. The van der Waals surface area contributed by atoms with Gasteiger partial charge in [-0.1, -0.05) is 12.8 Å². The second-order valence-electron chi connectivity index (χ2n) is 7.00. The first-order valence-electron chi connectivity index (χ1n) is 9.40. The number of allylic oxidation sites excluding steroid dienone is 1. The van der Waals surface area contributed by atoms with E-state index in [4.69, 9.17) is 10.2 Å². The zero-order valence-corrected chi connectivity index (χ0v) is 15.5. The summed E-state index contributed by atoms with van der Waals surface area (Å²) in [5.41, 5.74) is 6.76. The molecule has 2 aliphatic rings. The maximum Gasteiger partial charge on any atom is 0.314 e. The molecular formula is C19H20F2N6O2. The predicted molar refractivity (Wildman–Crippen MR) is 100 cm³/mol. The minimum absolute atomic E-state index is 0.00206. The van der Waals surface area contributed by atoms with Crippen LogP contribution in [0.15, 0.2) is 33.9 Å². The van der Waals surface area contributed by atoms with Gasteiger partial charge >= 0.3 is 6.43 Å². The van der Waals surface area contributed by atoms with Crippen molar-refractivity contribution in [3.05, 3.63) is 41.7 Å². The van der Waals surface area contributed by atoms with Crippen molar-refractivity contribution >= 4 is 12.1 Å². The first kappa shape index (κ1) is 19.2. The van der Waals surface area contributed by atoms with Crippen LogP contribution >= 0.6 is 0 Å². The zero-order chi connectivity index (χ0) is 20.4. The number of fused-ring (bicyclic) bond motifs is 1. The number of hydrogen-bond acceptors (Lipinski definition) is 7. The average molecular weight is 402 g/mol. The topological polar surface area (TPSA) is 110 Å². The zero-order valence-electron chi connectivity index (χ0n) is 15.5. The van der Waals surface area contributed by atoms with E-state index < -0.39 is 12.3 Å².